The monoisotopic (exact) mass is 453 g/mol. The summed E-state index contributed by atoms with van der Waals surface area (Å²) in [6.45, 7) is 1.86. The number of rotatable bonds is 4. The minimum atomic E-state index is -0.332. The minimum absolute atomic E-state index is 0.249. The summed E-state index contributed by atoms with van der Waals surface area (Å²) in [6, 6.07) is 28.9. The van der Waals surface area contributed by atoms with Crippen molar-refractivity contribution in [3.8, 4) is 5.69 Å². The lowest BCUT2D eigenvalue weighted by Gasteiger charge is -2.30. The van der Waals surface area contributed by atoms with E-state index >= 15 is 0 Å². The summed E-state index contributed by atoms with van der Waals surface area (Å²) in [5, 5.41) is 6.67. The first-order chi connectivity index (χ1) is 16.1. The standard InChI is InChI=1S/C26H20ClN5O/c1-18-22(24(27)31(29-18)20-13-7-3-8-14-20)17-23-26(33)30-32(21-15-9-4-10-16-21)25(28-23)19-11-5-2-6-12-19/h2-17H,1H3,(H,30,33)/b23-17-. The van der Waals surface area contributed by atoms with Gasteiger partial charge in [0.2, 0.25) is 0 Å². The zero-order chi connectivity index (χ0) is 22.8. The summed E-state index contributed by atoms with van der Waals surface area (Å²) < 4.78 is 1.65. The molecule has 7 heteroatoms. The molecule has 0 saturated carbocycles. The Morgan fingerprint density at radius 3 is 2.06 bits per heavy atom. The van der Waals surface area contributed by atoms with Gasteiger partial charge in [-0.05, 0) is 37.3 Å². The lowest BCUT2D eigenvalue weighted by atomic mass is 10.1. The molecule has 0 aliphatic carbocycles. The predicted octanol–water partition coefficient (Wildman–Crippen LogP) is 5.17. The van der Waals surface area contributed by atoms with E-state index in [-0.39, 0.29) is 11.6 Å². The highest BCUT2D eigenvalue weighted by atomic mass is 35.5. The van der Waals surface area contributed by atoms with Crippen molar-refractivity contribution in [3.63, 3.8) is 0 Å². The number of hydrogen-bond acceptors (Lipinski definition) is 4. The van der Waals surface area contributed by atoms with Gasteiger partial charge in [-0.25, -0.2) is 14.7 Å². The number of anilines is 1. The molecule has 4 aromatic rings. The highest BCUT2D eigenvalue weighted by molar-refractivity contribution is 6.31. The number of nitrogens with zero attached hydrogens (tertiary/aromatic N) is 4. The average molecular weight is 454 g/mol. The van der Waals surface area contributed by atoms with Gasteiger partial charge < -0.3 is 0 Å². The van der Waals surface area contributed by atoms with Gasteiger partial charge in [0.25, 0.3) is 5.91 Å². The van der Waals surface area contributed by atoms with Gasteiger partial charge in [0, 0.05) is 11.1 Å². The SMILES string of the molecule is Cc1nn(-c2ccccc2)c(Cl)c1/C=C1\N=C(c2ccccc2)N(c2ccccc2)NC1=O. The van der Waals surface area contributed by atoms with Gasteiger partial charge in [-0.1, -0.05) is 78.3 Å². The normalized spacial score (nSPS) is 14.8. The molecule has 0 fully saturated rings. The van der Waals surface area contributed by atoms with E-state index in [1.807, 2.05) is 97.9 Å². The number of aromatic nitrogens is 2. The van der Waals surface area contributed by atoms with Gasteiger partial charge in [0.15, 0.2) is 5.84 Å². The van der Waals surface area contributed by atoms with Gasteiger partial charge in [0.1, 0.15) is 10.9 Å². The lowest BCUT2D eigenvalue weighted by molar-refractivity contribution is -0.117. The van der Waals surface area contributed by atoms with E-state index < -0.39 is 0 Å². The van der Waals surface area contributed by atoms with Crippen LogP contribution in [0.2, 0.25) is 5.15 Å². The van der Waals surface area contributed by atoms with E-state index in [0.29, 0.717) is 22.2 Å². The van der Waals surface area contributed by atoms with E-state index in [1.165, 1.54) is 0 Å². The zero-order valence-corrected chi connectivity index (χ0v) is 18.6. The molecule has 162 valence electrons. The molecule has 5 rings (SSSR count). The number of aliphatic imine (C=N–C) groups is 1. The number of hydrazine groups is 1. The largest absolute Gasteiger partial charge is 0.288 e. The molecular weight excluding hydrogens is 434 g/mol. The Balaban J connectivity index is 1.62. The van der Waals surface area contributed by atoms with Crippen LogP contribution in [-0.2, 0) is 4.79 Å². The van der Waals surface area contributed by atoms with Crippen molar-refractivity contribution in [2.45, 2.75) is 6.92 Å². The smallest absolute Gasteiger partial charge is 0.266 e. The fourth-order valence-electron chi connectivity index (χ4n) is 3.62. The maximum atomic E-state index is 13.1. The first-order valence-corrected chi connectivity index (χ1v) is 10.8. The Morgan fingerprint density at radius 2 is 1.42 bits per heavy atom. The molecule has 0 unspecified atom stereocenters. The number of carbonyl (C=O) groups is 1. The number of hydrogen-bond donors (Lipinski definition) is 1. The van der Waals surface area contributed by atoms with Crippen LogP contribution in [0, 0.1) is 6.92 Å². The second-order valence-electron chi connectivity index (χ2n) is 7.48. The highest BCUT2D eigenvalue weighted by Gasteiger charge is 2.27. The summed E-state index contributed by atoms with van der Waals surface area (Å²) in [4.78, 5) is 17.8. The van der Waals surface area contributed by atoms with E-state index in [1.54, 1.807) is 15.8 Å². The molecule has 0 bridgehead atoms. The lowest BCUT2D eigenvalue weighted by Crippen LogP contribution is -2.50. The summed E-state index contributed by atoms with van der Waals surface area (Å²) >= 11 is 6.67. The van der Waals surface area contributed by atoms with Crippen molar-refractivity contribution in [1.29, 1.82) is 0 Å². The molecule has 3 aromatic carbocycles. The second kappa shape index (κ2) is 8.76. The van der Waals surface area contributed by atoms with Gasteiger partial charge in [-0.3, -0.25) is 10.2 Å². The van der Waals surface area contributed by atoms with E-state index in [0.717, 1.165) is 16.9 Å². The Kier molecular flexibility index (Phi) is 5.50. The van der Waals surface area contributed by atoms with Crippen LogP contribution in [0.5, 0.6) is 0 Å². The summed E-state index contributed by atoms with van der Waals surface area (Å²) in [6.07, 6.45) is 1.69. The van der Waals surface area contributed by atoms with Crippen molar-refractivity contribution in [2.24, 2.45) is 4.99 Å². The fourth-order valence-corrected chi connectivity index (χ4v) is 3.95. The first kappa shape index (κ1) is 20.7. The number of benzene rings is 3. The Morgan fingerprint density at radius 1 is 0.848 bits per heavy atom. The predicted molar refractivity (Wildman–Crippen MR) is 131 cm³/mol. The molecule has 0 radical (unpaired) electrons. The molecule has 0 atom stereocenters. The summed E-state index contributed by atoms with van der Waals surface area (Å²) in [5.74, 6) is 0.276. The first-order valence-electron chi connectivity index (χ1n) is 10.4. The third kappa shape index (κ3) is 4.04. The van der Waals surface area contributed by atoms with Crippen LogP contribution in [0.25, 0.3) is 11.8 Å². The quantitative estimate of drug-likeness (QED) is 0.433. The Labute approximate surface area is 196 Å². The van der Waals surface area contributed by atoms with Crippen LogP contribution in [-0.4, -0.2) is 21.5 Å². The summed E-state index contributed by atoms with van der Waals surface area (Å²) in [7, 11) is 0. The van der Waals surface area contributed by atoms with Crippen molar-refractivity contribution in [2.75, 3.05) is 5.01 Å². The molecule has 1 aromatic heterocycles. The van der Waals surface area contributed by atoms with E-state index in [9.17, 15) is 4.79 Å². The van der Waals surface area contributed by atoms with E-state index in [4.69, 9.17) is 16.6 Å². The van der Waals surface area contributed by atoms with Crippen LogP contribution in [0.3, 0.4) is 0 Å². The van der Waals surface area contributed by atoms with Gasteiger partial charge in [-0.2, -0.15) is 5.10 Å². The number of para-hydroxylation sites is 2. The third-order valence-electron chi connectivity index (χ3n) is 5.26. The summed E-state index contributed by atoms with van der Waals surface area (Å²) in [5.41, 5.74) is 7.07. The number of amidine groups is 1. The van der Waals surface area contributed by atoms with Gasteiger partial charge >= 0.3 is 0 Å². The molecule has 1 aliphatic heterocycles. The van der Waals surface area contributed by atoms with Crippen molar-refractivity contribution < 1.29 is 4.79 Å². The Bertz CT molecular complexity index is 1360. The zero-order valence-electron chi connectivity index (χ0n) is 17.8. The molecule has 0 spiro atoms. The molecule has 2 heterocycles. The second-order valence-corrected chi connectivity index (χ2v) is 7.84. The number of aryl methyl sites for hydroxylation is 1. The van der Waals surface area contributed by atoms with E-state index in [2.05, 4.69) is 10.5 Å². The average Bonchev–Trinajstić information content (AvgIpc) is 3.15. The molecule has 33 heavy (non-hydrogen) atoms. The maximum Gasteiger partial charge on any atom is 0.288 e. The number of amides is 1. The van der Waals surface area contributed by atoms with Crippen LogP contribution < -0.4 is 10.4 Å². The van der Waals surface area contributed by atoms with Crippen LogP contribution in [0.4, 0.5) is 5.69 Å². The number of halogens is 1. The fraction of sp³-hybridized carbons (Fsp3) is 0.0385. The number of carbonyl (C=O) groups excluding carboxylic acids is 1. The van der Waals surface area contributed by atoms with Gasteiger partial charge in [-0.15, -0.1) is 0 Å². The molecule has 1 amide bonds. The molecule has 6 nitrogen and oxygen atoms in total. The number of nitrogens with one attached hydrogen (secondary N) is 1. The van der Waals surface area contributed by atoms with Crippen molar-refractivity contribution in [3.05, 3.63) is 119 Å². The van der Waals surface area contributed by atoms with Crippen LogP contribution in [0.1, 0.15) is 16.8 Å². The highest BCUT2D eigenvalue weighted by Crippen LogP contribution is 2.28. The maximum absolute atomic E-state index is 13.1. The molecular formula is C26H20ClN5O. The van der Waals surface area contributed by atoms with Crippen LogP contribution in [0.15, 0.2) is 102 Å². The van der Waals surface area contributed by atoms with Crippen LogP contribution >= 0.6 is 11.6 Å². The molecule has 0 saturated heterocycles. The van der Waals surface area contributed by atoms with Crippen molar-refractivity contribution >= 4 is 35.1 Å². The third-order valence-corrected chi connectivity index (χ3v) is 5.62. The molecule has 1 aliphatic rings. The minimum Gasteiger partial charge on any atom is -0.266 e. The van der Waals surface area contributed by atoms with Gasteiger partial charge in [0.05, 0.1) is 17.1 Å². The topological polar surface area (TPSA) is 62.5 Å². The molecule has 1 N–H and O–H groups in total. The Hall–Kier alpha value is -4.16. The van der Waals surface area contributed by atoms with Crippen molar-refractivity contribution in [1.82, 2.24) is 15.2 Å².